The van der Waals surface area contributed by atoms with Gasteiger partial charge in [-0.15, -0.1) is 0 Å². The van der Waals surface area contributed by atoms with E-state index in [9.17, 15) is 9.59 Å². The maximum Gasteiger partial charge on any atom is 0.262 e. The van der Waals surface area contributed by atoms with Gasteiger partial charge in [0.1, 0.15) is 12.3 Å². The lowest BCUT2D eigenvalue weighted by Crippen LogP contribution is -2.44. The monoisotopic (exact) mass is 471 g/mol. The van der Waals surface area contributed by atoms with E-state index in [1.165, 1.54) is 9.91 Å². The van der Waals surface area contributed by atoms with Crippen molar-refractivity contribution < 1.29 is 19.1 Å². The van der Waals surface area contributed by atoms with E-state index in [1.807, 2.05) is 56.3 Å². The number of amides is 2. The molecule has 1 aliphatic heterocycles. The molecule has 1 heterocycles. The first-order chi connectivity index (χ1) is 15.9. The van der Waals surface area contributed by atoms with Crippen molar-refractivity contribution in [2.45, 2.75) is 26.3 Å². The predicted octanol–water partition coefficient (Wildman–Crippen LogP) is 4.16. The molecule has 176 valence electrons. The van der Waals surface area contributed by atoms with Gasteiger partial charge >= 0.3 is 0 Å². The molecule has 3 rings (SSSR count). The van der Waals surface area contributed by atoms with Gasteiger partial charge in [0.05, 0.1) is 25.5 Å². The van der Waals surface area contributed by atoms with E-state index in [2.05, 4.69) is 5.10 Å². The van der Waals surface area contributed by atoms with Crippen LogP contribution in [0.2, 0.25) is 5.02 Å². The Morgan fingerprint density at radius 2 is 1.85 bits per heavy atom. The molecule has 0 aromatic heterocycles. The average molecular weight is 472 g/mol. The van der Waals surface area contributed by atoms with E-state index in [1.54, 1.807) is 20.3 Å². The van der Waals surface area contributed by atoms with Crippen molar-refractivity contribution in [3.05, 3.63) is 64.7 Å². The molecule has 0 N–H and O–H groups in total. The molecule has 8 heteroatoms. The highest BCUT2D eigenvalue weighted by Gasteiger charge is 2.36. The van der Waals surface area contributed by atoms with Gasteiger partial charge in [0.25, 0.3) is 5.91 Å². The Hall–Kier alpha value is -2.90. The van der Waals surface area contributed by atoms with Crippen molar-refractivity contribution in [2.24, 2.45) is 11.0 Å². The third-order valence-electron chi connectivity index (χ3n) is 5.55. The summed E-state index contributed by atoms with van der Waals surface area (Å²) in [4.78, 5) is 27.7. The Morgan fingerprint density at radius 1 is 1.15 bits per heavy atom. The number of para-hydroxylation sites is 1. The van der Waals surface area contributed by atoms with Crippen LogP contribution in [0.25, 0.3) is 0 Å². The number of hydrazone groups is 1. The predicted molar refractivity (Wildman–Crippen MR) is 128 cm³/mol. The molecule has 0 bridgehead atoms. The first-order valence-electron chi connectivity index (χ1n) is 10.9. The number of carbonyl (C=O) groups excluding carboxylic acids is 2. The molecule has 0 fully saturated rings. The maximum atomic E-state index is 13.5. The van der Waals surface area contributed by atoms with Gasteiger partial charge in [-0.3, -0.25) is 9.59 Å². The molecule has 1 atom stereocenters. The molecule has 0 saturated heterocycles. The van der Waals surface area contributed by atoms with Crippen molar-refractivity contribution in [3.63, 3.8) is 0 Å². The summed E-state index contributed by atoms with van der Waals surface area (Å²) in [5.74, 6) is 0.0487. The van der Waals surface area contributed by atoms with Gasteiger partial charge in [-0.1, -0.05) is 61.8 Å². The van der Waals surface area contributed by atoms with Gasteiger partial charge in [-0.2, -0.15) is 5.10 Å². The molecule has 7 nitrogen and oxygen atoms in total. The van der Waals surface area contributed by atoms with Crippen LogP contribution in [0.15, 0.2) is 53.6 Å². The Kier molecular flexibility index (Phi) is 8.47. The van der Waals surface area contributed by atoms with Gasteiger partial charge in [0, 0.05) is 42.1 Å². The van der Waals surface area contributed by atoms with Crippen LogP contribution in [-0.4, -0.2) is 61.4 Å². The molecule has 0 saturated carbocycles. The number of nitrogens with zero attached hydrogens (tertiary/aromatic N) is 3. The number of ether oxygens (including phenoxy) is 2. The van der Waals surface area contributed by atoms with Gasteiger partial charge in [-0.05, 0) is 12.1 Å². The quantitative estimate of drug-likeness (QED) is 0.550. The number of rotatable bonds is 9. The van der Waals surface area contributed by atoms with Gasteiger partial charge in [0.15, 0.2) is 0 Å². The van der Waals surface area contributed by atoms with E-state index >= 15 is 0 Å². The fourth-order valence-corrected chi connectivity index (χ4v) is 4.10. The van der Waals surface area contributed by atoms with E-state index in [-0.39, 0.29) is 30.3 Å². The highest BCUT2D eigenvalue weighted by Crippen LogP contribution is 2.38. The Morgan fingerprint density at radius 3 is 2.52 bits per heavy atom. The Labute approximate surface area is 199 Å². The van der Waals surface area contributed by atoms with Crippen molar-refractivity contribution in [2.75, 3.05) is 33.9 Å². The van der Waals surface area contributed by atoms with Crippen molar-refractivity contribution in [1.82, 2.24) is 9.91 Å². The fourth-order valence-electron chi connectivity index (χ4n) is 3.85. The molecule has 0 radical (unpaired) electrons. The minimum Gasteiger partial charge on any atom is -0.496 e. The zero-order chi connectivity index (χ0) is 24.0. The summed E-state index contributed by atoms with van der Waals surface area (Å²) < 4.78 is 10.7. The van der Waals surface area contributed by atoms with Crippen LogP contribution in [0.4, 0.5) is 0 Å². The van der Waals surface area contributed by atoms with E-state index in [0.29, 0.717) is 36.1 Å². The molecular weight excluding hydrogens is 442 g/mol. The summed E-state index contributed by atoms with van der Waals surface area (Å²) in [6.45, 7) is 4.20. The molecule has 0 spiro atoms. The zero-order valence-corrected chi connectivity index (χ0v) is 20.2. The molecule has 2 aromatic carbocycles. The lowest BCUT2D eigenvalue weighted by molar-refractivity contribution is -0.143. The summed E-state index contributed by atoms with van der Waals surface area (Å²) >= 11 is 6.43. The lowest BCUT2D eigenvalue weighted by atomic mass is 9.97. The number of methoxy groups -OCH3 is 2. The maximum absolute atomic E-state index is 13.5. The van der Waals surface area contributed by atoms with Crippen LogP contribution in [0.3, 0.4) is 0 Å². The van der Waals surface area contributed by atoms with Crippen LogP contribution in [0, 0.1) is 5.92 Å². The largest absolute Gasteiger partial charge is 0.496 e. The van der Waals surface area contributed by atoms with Crippen LogP contribution < -0.4 is 4.74 Å². The average Bonchev–Trinajstić information content (AvgIpc) is 3.26. The minimum atomic E-state index is -0.377. The second-order valence-electron chi connectivity index (χ2n) is 8.13. The second kappa shape index (κ2) is 11.3. The summed E-state index contributed by atoms with van der Waals surface area (Å²) in [6, 6.07) is 14.6. The van der Waals surface area contributed by atoms with Crippen LogP contribution in [0.1, 0.15) is 37.4 Å². The SMILES string of the molecule is COCCN(CC(=O)N1N=C(c2ccccc2Cl)C[C@H]1c1ccccc1OC)C(=O)C(C)C. The highest BCUT2D eigenvalue weighted by molar-refractivity contribution is 6.34. The van der Waals surface area contributed by atoms with Crippen molar-refractivity contribution >= 4 is 29.1 Å². The van der Waals surface area contributed by atoms with Gasteiger partial charge < -0.3 is 14.4 Å². The van der Waals surface area contributed by atoms with Crippen molar-refractivity contribution in [1.29, 1.82) is 0 Å². The number of benzene rings is 2. The van der Waals surface area contributed by atoms with Crippen molar-refractivity contribution in [3.8, 4) is 5.75 Å². The molecule has 2 aromatic rings. The van der Waals surface area contributed by atoms with Gasteiger partial charge in [-0.25, -0.2) is 5.01 Å². The molecule has 0 unspecified atom stereocenters. The molecule has 33 heavy (non-hydrogen) atoms. The first kappa shape index (κ1) is 24.7. The third-order valence-corrected chi connectivity index (χ3v) is 5.88. The highest BCUT2D eigenvalue weighted by atomic mass is 35.5. The summed E-state index contributed by atoms with van der Waals surface area (Å²) in [7, 11) is 3.17. The Balaban J connectivity index is 1.96. The summed E-state index contributed by atoms with van der Waals surface area (Å²) in [5, 5.41) is 6.71. The number of hydrogen-bond acceptors (Lipinski definition) is 5. The smallest absolute Gasteiger partial charge is 0.262 e. The van der Waals surface area contributed by atoms with Crippen LogP contribution >= 0.6 is 11.6 Å². The van der Waals surface area contributed by atoms with Crippen LogP contribution in [-0.2, 0) is 14.3 Å². The third kappa shape index (κ3) is 5.72. The fraction of sp³-hybridized carbons (Fsp3) is 0.400. The standard InChI is InChI=1S/C25H30ClN3O4/c1-17(2)25(31)28(13-14-32-3)16-24(30)29-22(19-10-6-8-12-23(19)33-4)15-21(27-29)18-9-5-7-11-20(18)26/h5-12,17,22H,13-16H2,1-4H3/t22-/m0/s1. The zero-order valence-electron chi connectivity index (χ0n) is 19.5. The minimum absolute atomic E-state index is 0.0919. The number of carbonyl (C=O) groups is 2. The molecule has 1 aliphatic rings. The van der Waals surface area contributed by atoms with E-state index < -0.39 is 0 Å². The topological polar surface area (TPSA) is 71.4 Å². The summed E-state index contributed by atoms with van der Waals surface area (Å²) in [5.41, 5.74) is 2.34. The first-order valence-corrected chi connectivity index (χ1v) is 11.3. The van der Waals surface area contributed by atoms with E-state index in [4.69, 9.17) is 21.1 Å². The van der Waals surface area contributed by atoms with Crippen LogP contribution in [0.5, 0.6) is 5.75 Å². The van der Waals surface area contributed by atoms with E-state index in [0.717, 1.165) is 11.1 Å². The Bertz CT molecular complexity index is 1020. The molecule has 0 aliphatic carbocycles. The molecule has 2 amide bonds. The number of halogens is 1. The lowest BCUT2D eigenvalue weighted by Gasteiger charge is -2.28. The second-order valence-corrected chi connectivity index (χ2v) is 8.54. The number of hydrogen-bond donors (Lipinski definition) is 0. The van der Waals surface area contributed by atoms with Gasteiger partial charge in [0.2, 0.25) is 5.91 Å². The normalized spacial score (nSPS) is 15.5. The molecular formula is C25H30ClN3O4. The summed E-state index contributed by atoms with van der Waals surface area (Å²) in [6.07, 6.45) is 0.478.